The number of unbranched alkanes of at least 4 members (excludes halogenated alkanes) is 1. The molecule has 1 aliphatic heterocycles. The first-order chi connectivity index (χ1) is 11.7. The number of amides is 1. The Morgan fingerprint density at radius 2 is 2.08 bits per heavy atom. The molecule has 130 valence electrons. The van der Waals surface area contributed by atoms with Crippen LogP contribution in [0, 0.1) is 11.3 Å². The average molecular weight is 394 g/mol. The lowest BCUT2D eigenvalue weighted by molar-refractivity contribution is 0.0639. The van der Waals surface area contributed by atoms with Crippen LogP contribution in [0.25, 0.3) is 0 Å². The maximum absolute atomic E-state index is 12.6. The zero-order valence-corrected chi connectivity index (χ0v) is 15.7. The van der Waals surface area contributed by atoms with Gasteiger partial charge >= 0.3 is 0 Å². The van der Waals surface area contributed by atoms with Gasteiger partial charge < -0.3 is 9.64 Å². The Hall–Kier alpha value is -1.58. The van der Waals surface area contributed by atoms with Gasteiger partial charge in [0.15, 0.2) is 0 Å². The van der Waals surface area contributed by atoms with Gasteiger partial charge in [0, 0.05) is 44.7 Å². The Bertz CT molecular complexity index is 592. The minimum atomic E-state index is 0.0516. The Morgan fingerprint density at radius 3 is 2.71 bits per heavy atom. The van der Waals surface area contributed by atoms with E-state index in [0.29, 0.717) is 31.7 Å². The molecule has 1 saturated heterocycles. The van der Waals surface area contributed by atoms with Crippen molar-refractivity contribution < 1.29 is 9.53 Å². The van der Waals surface area contributed by atoms with E-state index in [1.54, 1.807) is 0 Å². The maximum atomic E-state index is 12.6. The summed E-state index contributed by atoms with van der Waals surface area (Å²) in [5.74, 6) is 0.831. The maximum Gasteiger partial charge on any atom is 0.253 e. The lowest BCUT2D eigenvalue weighted by Gasteiger charge is -2.34. The molecule has 1 fully saturated rings. The van der Waals surface area contributed by atoms with Gasteiger partial charge in [0.25, 0.3) is 5.91 Å². The van der Waals surface area contributed by atoms with Gasteiger partial charge in [-0.1, -0.05) is 13.3 Å². The third-order valence-electron chi connectivity index (χ3n) is 4.13. The molecule has 0 unspecified atom stereocenters. The predicted molar refractivity (Wildman–Crippen MR) is 97.1 cm³/mol. The molecule has 0 saturated carbocycles. The minimum Gasteiger partial charge on any atom is -0.492 e. The summed E-state index contributed by atoms with van der Waals surface area (Å²) in [6.45, 7) is 6.66. The highest BCUT2D eigenvalue weighted by Crippen LogP contribution is 2.27. The molecule has 1 aromatic carbocycles. The van der Waals surface area contributed by atoms with Crippen molar-refractivity contribution in [1.82, 2.24) is 9.80 Å². The summed E-state index contributed by atoms with van der Waals surface area (Å²) in [6, 6.07) is 7.69. The van der Waals surface area contributed by atoms with Gasteiger partial charge in [-0.25, -0.2) is 0 Å². The molecule has 1 aromatic rings. The van der Waals surface area contributed by atoms with Crippen molar-refractivity contribution >= 4 is 21.8 Å². The smallest absolute Gasteiger partial charge is 0.253 e. The molecule has 2 rings (SSSR count). The highest BCUT2D eigenvalue weighted by atomic mass is 79.9. The highest BCUT2D eigenvalue weighted by molar-refractivity contribution is 9.10. The quantitative estimate of drug-likeness (QED) is 0.666. The van der Waals surface area contributed by atoms with Crippen molar-refractivity contribution in [3.8, 4) is 11.8 Å². The number of nitrogens with zero attached hydrogens (tertiary/aromatic N) is 3. The lowest BCUT2D eigenvalue weighted by atomic mass is 10.1. The van der Waals surface area contributed by atoms with Gasteiger partial charge in [0.2, 0.25) is 0 Å². The van der Waals surface area contributed by atoms with Crippen LogP contribution in [0.4, 0.5) is 0 Å². The summed E-state index contributed by atoms with van der Waals surface area (Å²) in [4.78, 5) is 16.7. The van der Waals surface area contributed by atoms with E-state index in [0.717, 1.165) is 42.7 Å². The van der Waals surface area contributed by atoms with E-state index >= 15 is 0 Å². The molecule has 5 nitrogen and oxygen atoms in total. The Morgan fingerprint density at radius 1 is 1.33 bits per heavy atom. The molecule has 0 aromatic heterocycles. The molecule has 1 heterocycles. The largest absolute Gasteiger partial charge is 0.492 e. The summed E-state index contributed by atoms with van der Waals surface area (Å²) in [7, 11) is 0. The third-order valence-corrected chi connectivity index (χ3v) is 4.75. The molecule has 0 N–H and O–H groups in total. The van der Waals surface area contributed by atoms with Crippen molar-refractivity contribution in [1.29, 1.82) is 5.26 Å². The molecular weight excluding hydrogens is 370 g/mol. The topological polar surface area (TPSA) is 56.6 Å². The van der Waals surface area contributed by atoms with Crippen LogP contribution in [0.1, 0.15) is 36.5 Å². The van der Waals surface area contributed by atoms with Crippen LogP contribution in [-0.2, 0) is 0 Å². The van der Waals surface area contributed by atoms with Gasteiger partial charge in [-0.05, 0) is 40.5 Å². The summed E-state index contributed by atoms with van der Waals surface area (Å²) >= 11 is 3.49. The van der Waals surface area contributed by atoms with Gasteiger partial charge in [-0.2, -0.15) is 5.26 Å². The fourth-order valence-electron chi connectivity index (χ4n) is 2.64. The number of carbonyl (C=O) groups excluding carboxylic acids is 1. The molecule has 1 aliphatic rings. The number of rotatable bonds is 7. The number of hydrogen-bond donors (Lipinski definition) is 0. The number of hydrogen-bond acceptors (Lipinski definition) is 4. The predicted octanol–water partition coefficient (Wildman–Crippen LogP) is 3.30. The van der Waals surface area contributed by atoms with Gasteiger partial charge in [-0.15, -0.1) is 0 Å². The average Bonchev–Trinajstić information content (AvgIpc) is 2.61. The lowest BCUT2D eigenvalue weighted by Crippen LogP contribution is -2.48. The molecular formula is C18H24BrN3O2. The number of nitriles is 1. The second-order valence-electron chi connectivity index (χ2n) is 5.89. The van der Waals surface area contributed by atoms with E-state index in [1.807, 2.05) is 23.1 Å². The van der Waals surface area contributed by atoms with E-state index < -0.39 is 0 Å². The van der Waals surface area contributed by atoms with E-state index in [1.165, 1.54) is 0 Å². The Labute approximate surface area is 152 Å². The van der Waals surface area contributed by atoms with Gasteiger partial charge in [0.1, 0.15) is 5.75 Å². The molecule has 0 aliphatic carbocycles. The fraction of sp³-hybridized carbons (Fsp3) is 0.556. The van der Waals surface area contributed by atoms with Crippen LogP contribution in [0.15, 0.2) is 22.7 Å². The molecule has 6 heteroatoms. The second-order valence-corrected chi connectivity index (χ2v) is 6.74. The van der Waals surface area contributed by atoms with E-state index in [2.05, 4.69) is 33.8 Å². The SMILES string of the molecule is CCCCOc1ccc(C(=O)N2CCN(CCC#N)CC2)cc1Br. The van der Waals surface area contributed by atoms with Crippen molar-refractivity contribution in [3.63, 3.8) is 0 Å². The monoisotopic (exact) mass is 393 g/mol. The van der Waals surface area contributed by atoms with Crippen LogP contribution in [0.5, 0.6) is 5.75 Å². The van der Waals surface area contributed by atoms with E-state index in [4.69, 9.17) is 10.00 Å². The first-order valence-corrected chi connectivity index (χ1v) is 9.26. The van der Waals surface area contributed by atoms with Crippen LogP contribution in [0.2, 0.25) is 0 Å². The number of ether oxygens (including phenoxy) is 1. The standard InChI is InChI=1S/C18H24BrN3O2/c1-2-3-13-24-17-6-5-15(14-16(17)19)18(23)22-11-9-21(10-12-22)8-4-7-20/h5-6,14H,2-4,8-13H2,1H3. The zero-order chi connectivity index (χ0) is 17.4. The van der Waals surface area contributed by atoms with E-state index in [-0.39, 0.29) is 5.91 Å². The molecule has 0 bridgehead atoms. The fourth-order valence-corrected chi connectivity index (χ4v) is 3.14. The van der Waals surface area contributed by atoms with Gasteiger partial charge in [-0.3, -0.25) is 9.69 Å². The molecule has 24 heavy (non-hydrogen) atoms. The first-order valence-electron chi connectivity index (χ1n) is 8.46. The van der Waals surface area contributed by atoms with Crippen molar-refractivity contribution in [2.45, 2.75) is 26.2 Å². The molecule has 0 atom stereocenters. The van der Waals surface area contributed by atoms with Crippen LogP contribution in [0.3, 0.4) is 0 Å². The van der Waals surface area contributed by atoms with E-state index in [9.17, 15) is 4.79 Å². The zero-order valence-electron chi connectivity index (χ0n) is 14.1. The number of piperazine rings is 1. The molecule has 0 radical (unpaired) electrons. The highest BCUT2D eigenvalue weighted by Gasteiger charge is 2.22. The van der Waals surface area contributed by atoms with Crippen LogP contribution in [-0.4, -0.2) is 55.0 Å². The second kappa shape index (κ2) is 9.65. The minimum absolute atomic E-state index is 0.0516. The third kappa shape index (κ3) is 5.22. The summed E-state index contributed by atoms with van der Waals surface area (Å²) in [5.41, 5.74) is 0.676. The van der Waals surface area contributed by atoms with Crippen LogP contribution < -0.4 is 4.74 Å². The Kier molecular flexibility index (Phi) is 7.54. The van der Waals surface area contributed by atoms with Crippen molar-refractivity contribution in [3.05, 3.63) is 28.2 Å². The Balaban J connectivity index is 1.91. The number of benzene rings is 1. The normalized spacial score (nSPS) is 15.1. The van der Waals surface area contributed by atoms with Crippen molar-refractivity contribution in [2.24, 2.45) is 0 Å². The van der Waals surface area contributed by atoms with Crippen molar-refractivity contribution in [2.75, 3.05) is 39.3 Å². The number of carbonyl (C=O) groups is 1. The molecule has 0 spiro atoms. The van der Waals surface area contributed by atoms with Gasteiger partial charge in [0.05, 0.1) is 17.1 Å². The summed E-state index contributed by atoms with van der Waals surface area (Å²) in [6.07, 6.45) is 2.65. The number of halogens is 1. The molecule has 1 amide bonds. The first kappa shape index (κ1) is 18.8. The van der Waals surface area contributed by atoms with Crippen LogP contribution >= 0.6 is 15.9 Å². The summed E-state index contributed by atoms with van der Waals surface area (Å²) in [5, 5.41) is 8.65. The summed E-state index contributed by atoms with van der Waals surface area (Å²) < 4.78 is 6.52.